The van der Waals surface area contributed by atoms with Crippen LogP contribution in [0.3, 0.4) is 0 Å². The number of nitrogens with zero attached hydrogens (tertiary/aromatic N) is 2. The maximum absolute atomic E-state index is 11.9. The summed E-state index contributed by atoms with van der Waals surface area (Å²) in [4.78, 5) is 26.6. The Hall–Kier alpha value is -2.48. The monoisotopic (exact) mass is 307 g/mol. The number of thiazole rings is 1. The molecule has 0 spiro atoms. The van der Waals surface area contributed by atoms with E-state index >= 15 is 0 Å². The summed E-state index contributed by atoms with van der Waals surface area (Å²) in [6, 6.07) is 5.85. The number of nitro groups is 1. The molecule has 8 heteroatoms. The number of anilines is 1. The van der Waals surface area contributed by atoms with Crippen molar-refractivity contribution < 1.29 is 14.5 Å². The molecule has 0 saturated heterocycles. The van der Waals surface area contributed by atoms with Gasteiger partial charge in [-0.1, -0.05) is 18.3 Å². The van der Waals surface area contributed by atoms with Crippen LogP contribution in [0, 0.1) is 10.1 Å². The molecule has 0 aliphatic heterocycles. The first kappa shape index (κ1) is 14.9. The lowest BCUT2D eigenvalue weighted by Gasteiger charge is -2.03. The van der Waals surface area contributed by atoms with E-state index < -0.39 is 10.9 Å². The molecule has 1 aromatic carbocycles. The lowest BCUT2D eigenvalue weighted by atomic mass is 10.1. The highest BCUT2D eigenvalue weighted by Gasteiger charge is 2.20. The number of nitrogen functional groups attached to an aromatic ring is 1. The van der Waals surface area contributed by atoms with Crippen LogP contribution in [-0.2, 0) is 4.74 Å². The largest absolute Gasteiger partial charge is 0.461 e. The summed E-state index contributed by atoms with van der Waals surface area (Å²) in [5.41, 5.74) is 6.41. The second-order valence-corrected chi connectivity index (χ2v) is 5.20. The van der Waals surface area contributed by atoms with Gasteiger partial charge in [-0.05, 0) is 24.1 Å². The first-order chi connectivity index (χ1) is 10.0. The molecule has 0 saturated carbocycles. The third-order valence-corrected chi connectivity index (χ3v) is 3.55. The topological polar surface area (TPSA) is 108 Å². The number of ether oxygens (including phenoxy) is 1. The zero-order valence-corrected chi connectivity index (χ0v) is 12.1. The van der Waals surface area contributed by atoms with E-state index in [-0.39, 0.29) is 16.5 Å². The van der Waals surface area contributed by atoms with Crippen molar-refractivity contribution in [3.05, 3.63) is 40.1 Å². The summed E-state index contributed by atoms with van der Waals surface area (Å²) in [6.07, 6.45) is 0.707. The van der Waals surface area contributed by atoms with E-state index in [1.54, 1.807) is 12.1 Å². The number of nitrogens with two attached hydrogens (primary N) is 1. The molecule has 0 fully saturated rings. The predicted octanol–water partition coefficient (Wildman–Crippen LogP) is 2.87. The highest BCUT2D eigenvalue weighted by atomic mass is 32.1. The molecule has 2 rings (SSSR count). The van der Waals surface area contributed by atoms with Crippen molar-refractivity contribution in [2.75, 3.05) is 12.3 Å². The van der Waals surface area contributed by atoms with Crippen molar-refractivity contribution >= 4 is 28.1 Å². The minimum absolute atomic E-state index is 0.0219. The van der Waals surface area contributed by atoms with Gasteiger partial charge in [-0.2, -0.15) is 0 Å². The summed E-state index contributed by atoms with van der Waals surface area (Å²) in [6.45, 7) is 2.19. The summed E-state index contributed by atoms with van der Waals surface area (Å²) in [5, 5.41) is 10.9. The second kappa shape index (κ2) is 6.31. The SMILES string of the molecule is CCCOC(=O)c1nc(N)sc1-c1ccc([N+](=O)[O-])cc1. The van der Waals surface area contributed by atoms with Crippen molar-refractivity contribution in [2.45, 2.75) is 13.3 Å². The van der Waals surface area contributed by atoms with Gasteiger partial charge in [0.2, 0.25) is 0 Å². The molecule has 0 bridgehead atoms. The molecule has 110 valence electrons. The Bertz CT molecular complexity index is 667. The average molecular weight is 307 g/mol. The number of nitro benzene ring substituents is 1. The molecular weight excluding hydrogens is 294 g/mol. The van der Waals surface area contributed by atoms with Crippen molar-refractivity contribution in [3.8, 4) is 10.4 Å². The molecule has 7 nitrogen and oxygen atoms in total. The Kier molecular flexibility index (Phi) is 4.49. The minimum atomic E-state index is -0.543. The number of non-ortho nitro benzene ring substituents is 1. The molecule has 0 radical (unpaired) electrons. The number of carbonyl (C=O) groups is 1. The Balaban J connectivity index is 2.35. The lowest BCUT2D eigenvalue weighted by molar-refractivity contribution is -0.384. The number of aromatic nitrogens is 1. The van der Waals surface area contributed by atoms with Gasteiger partial charge in [0.25, 0.3) is 5.69 Å². The number of hydrogen-bond donors (Lipinski definition) is 1. The van der Waals surface area contributed by atoms with Crippen LogP contribution in [0.1, 0.15) is 23.8 Å². The van der Waals surface area contributed by atoms with E-state index in [4.69, 9.17) is 10.5 Å². The molecule has 0 unspecified atom stereocenters. The summed E-state index contributed by atoms with van der Waals surface area (Å²) < 4.78 is 5.06. The molecule has 21 heavy (non-hydrogen) atoms. The Labute approximate surface area is 124 Å². The minimum Gasteiger partial charge on any atom is -0.461 e. The number of benzene rings is 1. The third kappa shape index (κ3) is 3.34. The normalized spacial score (nSPS) is 10.3. The first-order valence-corrected chi connectivity index (χ1v) is 7.02. The van der Waals surface area contributed by atoms with Crippen LogP contribution < -0.4 is 5.73 Å². The summed E-state index contributed by atoms with van der Waals surface area (Å²) in [5.74, 6) is -0.543. The van der Waals surface area contributed by atoms with E-state index in [2.05, 4.69) is 4.98 Å². The number of hydrogen-bond acceptors (Lipinski definition) is 7. The number of carbonyl (C=O) groups excluding carboxylic acids is 1. The van der Waals surface area contributed by atoms with Crippen LogP contribution >= 0.6 is 11.3 Å². The Morgan fingerprint density at radius 3 is 2.67 bits per heavy atom. The fourth-order valence-electron chi connectivity index (χ4n) is 1.67. The highest BCUT2D eigenvalue weighted by molar-refractivity contribution is 7.19. The molecule has 2 aromatic rings. The van der Waals surface area contributed by atoms with Gasteiger partial charge in [0.05, 0.1) is 16.4 Å². The van der Waals surface area contributed by atoms with Gasteiger partial charge in [-0.15, -0.1) is 0 Å². The standard InChI is InChI=1S/C13H13N3O4S/c1-2-7-20-12(17)10-11(21-13(14)15-10)8-3-5-9(6-4-8)16(18)19/h3-6H,2,7H2,1H3,(H2,14,15). The molecular formula is C13H13N3O4S. The van der Waals surface area contributed by atoms with Gasteiger partial charge >= 0.3 is 5.97 Å². The van der Waals surface area contributed by atoms with Crippen LogP contribution in [0.5, 0.6) is 0 Å². The average Bonchev–Trinajstić information content (AvgIpc) is 2.87. The Morgan fingerprint density at radius 1 is 1.43 bits per heavy atom. The Morgan fingerprint density at radius 2 is 2.10 bits per heavy atom. The molecule has 0 atom stereocenters. The molecule has 1 aromatic heterocycles. The van der Waals surface area contributed by atoms with E-state index in [9.17, 15) is 14.9 Å². The van der Waals surface area contributed by atoms with Crippen molar-refractivity contribution in [2.24, 2.45) is 0 Å². The van der Waals surface area contributed by atoms with Crippen LogP contribution in [0.2, 0.25) is 0 Å². The zero-order valence-electron chi connectivity index (χ0n) is 11.2. The fraction of sp³-hybridized carbons (Fsp3) is 0.231. The van der Waals surface area contributed by atoms with Gasteiger partial charge in [0.1, 0.15) is 0 Å². The van der Waals surface area contributed by atoms with Gasteiger partial charge in [-0.25, -0.2) is 9.78 Å². The zero-order chi connectivity index (χ0) is 15.4. The number of esters is 1. The van der Waals surface area contributed by atoms with Gasteiger partial charge < -0.3 is 10.5 Å². The molecule has 0 aliphatic carbocycles. The van der Waals surface area contributed by atoms with Crippen LogP contribution in [0.25, 0.3) is 10.4 Å². The molecule has 2 N–H and O–H groups in total. The van der Waals surface area contributed by atoms with Crippen LogP contribution in [-0.4, -0.2) is 22.5 Å². The maximum atomic E-state index is 11.9. The van der Waals surface area contributed by atoms with Crippen LogP contribution in [0.4, 0.5) is 10.8 Å². The van der Waals surface area contributed by atoms with Crippen molar-refractivity contribution in [1.29, 1.82) is 0 Å². The fourth-order valence-corrected chi connectivity index (χ4v) is 2.49. The van der Waals surface area contributed by atoms with Gasteiger partial charge in [0.15, 0.2) is 10.8 Å². The first-order valence-electron chi connectivity index (χ1n) is 6.21. The quantitative estimate of drug-likeness (QED) is 0.517. The lowest BCUT2D eigenvalue weighted by Crippen LogP contribution is -2.07. The molecule has 1 heterocycles. The summed E-state index contributed by atoms with van der Waals surface area (Å²) in [7, 11) is 0. The van der Waals surface area contributed by atoms with E-state index in [1.807, 2.05) is 6.92 Å². The van der Waals surface area contributed by atoms with Gasteiger partial charge in [-0.3, -0.25) is 10.1 Å². The summed E-state index contributed by atoms with van der Waals surface area (Å²) >= 11 is 1.14. The third-order valence-electron chi connectivity index (χ3n) is 2.61. The second-order valence-electron chi connectivity index (χ2n) is 4.17. The van der Waals surface area contributed by atoms with Crippen LogP contribution in [0.15, 0.2) is 24.3 Å². The maximum Gasteiger partial charge on any atom is 0.358 e. The van der Waals surface area contributed by atoms with E-state index in [0.717, 1.165) is 11.3 Å². The molecule has 0 aliphatic rings. The van der Waals surface area contributed by atoms with Crippen molar-refractivity contribution in [1.82, 2.24) is 4.98 Å². The smallest absolute Gasteiger partial charge is 0.358 e. The highest BCUT2D eigenvalue weighted by Crippen LogP contribution is 2.33. The molecule has 0 amide bonds. The van der Waals surface area contributed by atoms with Crippen molar-refractivity contribution in [3.63, 3.8) is 0 Å². The van der Waals surface area contributed by atoms with E-state index in [1.165, 1.54) is 12.1 Å². The van der Waals surface area contributed by atoms with Gasteiger partial charge in [0, 0.05) is 12.1 Å². The predicted molar refractivity (Wildman–Crippen MR) is 79.2 cm³/mol. The van der Waals surface area contributed by atoms with E-state index in [0.29, 0.717) is 23.5 Å². The number of rotatable bonds is 5.